The predicted octanol–water partition coefficient (Wildman–Crippen LogP) is 3.48. The van der Waals surface area contributed by atoms with Gasteiger partial charge in [-0.15, -0.1) is 23.7 Å². The third-order valence-electron chi connectivity index (χ3n) is 4.14. The first-order valence-electron chi connectivity index (χ1n) is 7.53. The molecule has 1 fully saturated rings. The highest BCUT2D eigenvalue weighted by molar-refractivity contribution is 7.10. The topological polar surface area (TPSA) is 66.6 Å². The zero-order chi connectivity index (χ0) is 15.5. The number of nitrogen functional groups attached to an aromatic ring is 1. The number of aliphatic hydroxyl groups excluding tert-OH is 1. The molecule has 1 aliphatic rings. The second-order valence-electron chi connectivity index (χ2n) is 5.69. The fourth-order valence-corrected chi connectivity index (χ4v) is 3.77. The van der Waals surface area contributed by atoms with Gasteiger partial charge in [-0.3, -0.25) is 4.79 Å². The Morgan fingerprint density at radius 2 is 2.22 bits per heavy atom. The minimum Gasteiger partial charge on any atom is -0.399 e. The summed E-state index contributed by atoms with van der Waals surface area (Å²) in [5, 5.41) is 12.3. The van der Waals surface area contributed by atoms with E-state index in [1.54, 1.807) is 35.6 Å². The molecule has 3 N–H and O–H groups in total. The van der Waals surface area contributed by atoms with Gasteiger partial charge in [-0.2, -0.15) is 0 Å². The van der Waals surface area contributed by atoms with Crippen molar-refractivity contribution in [3.8, 4) is 0 Å². The molecule has 2 aromatic rings. The highest BCUT2D eigenvalue weighted by Crippen LogP contribution is 2.30. The molecule has 1 saturated heterocycles. The molecule has 124 valence electrons. The predicted molar refractivity (Wildman–Crippen MR) is 96.1 cm³/mol. The van der Waals surface area contributed by atoms with Crippen molar-refractivity contribution in [3.63, 3.8) is 0 Å². The average molecular weight is 353 g/mol. The first-order valence-corrected chi connectivity index (χ1v) is 8.41. The number of hydrogen-bond donors (Lipinski definition) is 2. The molecule has 2 unspecified atom stereocenters. The summed E-state index contributed by atoms with van der Waals surface area (Å²) in [7, 11) is 0. The monoisotopic (exact) mass is 352 g/mol. The van der Waals surface area contributed by atoms with E-state index in [-0.39, 0.29) is 24.4 Å². The zero-order valence-electron chi connectivity index (χ0n) is 12.7. The van der Waals surface area contributed by atoms with Gasteiger partial charge in [0.15, 0.2) is 0 Å². The van der Waals surface area contributed by atoms with Crippen LogP contribution in [0.25, 0.3) is 0 Å². The molecule has 3 rings (SSSR count). The normalized spacial score (nSPS) is 18.5. The number of benzene rings is 1. The van der Waals surface area contributed by atoms with Crippen molar-refractivity contribution in [2.75, 3.05) is 12.3 Å². The number of carbonyl (C=O) groups excluding carboxylic acids is 1. The molecule has 1 aliphatic heterocycles. The van der Waals surface area contributed by atoms with Crippen molar-refractivity contribution in [2.45, 2.75) is 31.4 Å². The molecule has 2 heterocycles. The SMILES string of the molecule is Cl.Nc1cccc(C(=O)N2CCCC2CC(O)c2cccs2)c1. The molecule has 0 aliphatic carbocycles. The van der Waals surface area contributed by atoms with Gasteiger partial charge in [-0.25, -0.2) is 0 Å². The van der Waals surface area contributed by atoms with Gasteiger partial charge >= 0.3 is 0 Å². The van der Waals surface area contributed by atoms with Crippen LogP contribution >= 0.6 is 23.7 Å². The van der Waals surface area contributed by atoms with Gasteiger partial charge in [0, 0.05) is 28.7 Å². The van der Waals surface area contributed by atoms with Gasteiger partial charge in [-0.05, 0) is 48.9 Å². The summed E-state index contributed by atoms with van der Waals surface area (Å²) < 4.78 is 0. The van der Waals surface area contributed by atoms with Crippen molar-refractivity contribution in [1.29, 1.82) is 0 Å². The van der Waals surface area contributed by atoms with E-state index in [1.807, 2.05) is 22.4 Å². The van der Waals surface area contributed by atoms with Gasteiger partial charge in [0.2, 0.25) is 0 Å². The minimum atomic E-state index is -0.501. The smallest absolute Gasteiger partial charge is 0.254 e. The quantitative estimate of drug-likeness (QED) is 0.828. The molecular weight excluding hydrogens is 332 g/mol. The Labute approximate surface area is 146 Å². The molecule has 1 aromatic heterocycles. The van der Waals surface area contributed by atoms with Crippen molar-refractivity contribution >= 4 is 35.3 Å². The van der Waals surface area contributed by atoms with E-state index in [0.717, 1.165) is 24.3 Å². The fraction of sp³-hybridized carbons (Fsp3) is 0.353. The fourth-order valence-electron chi connectivity index (χ4n) is 3.04. The molecule has 0 saturated carbocycles. The highest BCUT2D eigenvalue weighted by Gasteiger charge is 2.31. The highest BCUT2D eigenvalue weighted by atomic mass is 35.5. The number of rotatable bonds is 4. The number of amides is 1. The average Bonchev–Trinajstić information content (AvgIpc) is 3.18. The number of hydrogen-bond acceptors (Lipinski definition) is 4. The van der Waals surface area contributed by atoms with Crippen LogP contribution in [0.1, 0.15) is 40.6 Å². The Kier molecular flexibility index (Phi) is 6.04. The molecule has 2 atom stereocenters. The van der Waals surface area contributed by atoms with Crippen molar-refractivity contribution < 1.29 is 9.90 Å². The second kappa shape index (κ2) is 7.81. The molecule has 0 bridgehead atoms. The van der Waals surface area contributed by atoms with E-state index in [0.29, 0.717) is 17.7 Å². The van der Waals surface area contributed by atoms with Crippen molar-refractivity contribution in [1.82, 2.24) is 4.90 Å². The second-order valence-corrected chi connectivity index (χ2v) is 6.67. The lowest BCUT2D eigenvalue weighted by Crippen LogP contribution is -2.36. The lowest BCUT2D eigenvalue weighted by molar-refractivity contribution is 0.0670. The van der Waals surface area contributed by atoms with Crippen LogP contribution in [-0.4, -0.2) is 28.5 Å². The summed E-state index contributed by atoms with van der Waals surface area (Å²) in [6.45, 7) is 0.745. The third kappa shape index (κ3) is 4.05. The number of anilines is 1. The van der Waals surface area contributed by atoms with E-state index in [1.165, 1.54) is 0 Å². The number of aliphatic hydroxyl groups is 1. The lowest BCUT2D eigenvalue weighted by atomic mass is 10.0. The minimum absolute atomic E-state index is 0. The van der Waals surface area contributed by atoms with Crippen LogP contribution in [0.5, 0.6) is 0 Å². The van der Waals surface area contributed by atoms with Gasteiger partial charge in [0.1, 0.15) is 0 Å². The van der Waals surface area contributed by atoms with Crippen LogP contribution in [0.4, 0.5) is 5.69 Å². The Bertz CT molecular complexity index is 648. The van der Waals surface area contributed by atoms with E-state index in [2.05, 4.69) is 0 Å². The van der Waals surface area contributed by atoms with E-state index in [9.17, 15) is 9.90 Å². The van der Waals surface area contributed by atoms with Gasteiger partial charge in [-0.1, -0.05) is 12.1 Å². The zero-order valence-corrected chi connectivity index (χ0v) is 14.4. The molecular formula is C17H21ClN2O2S. The van der Waals surface area contributed by atoms with E-state index in [4.69, 9.17) is 5.73 Å². The molecule has 1 amide bonds. The summed E-state index contributed by atoms with van der Waals surface area (Å²) in [4.78, 5) is 15.5. The standard InChI is InChI=1S/C17H20N2O2S.ClH/c18-13-5-1-4-12(10-13)17(21)19-8-2-6-14(19)11-15(20)16-7-3-9-22-16;/h1,3-5,7,9-10,14-15,20H,2,6,8,11,18H2;1H. The van der Waals surface area contributed by atoms with Crippen LogP contribution < -0.4 is 5.73 Å². The summed E-state index contributed by atoms with van der Waals surface area (Å²) in [5.74, 6) is 0.00757. The largest absolute Gasteiger partial charge is 0.399 e. The molecule has 0 radical (unpaired) electrons. The van der Waals surface area contributed by atoms with Gasteiger partial charge < -0.3 is 15.7 Å². The summed E-state index contributed by atoms with van der Waals surface area (Å²) in [6.07, 6.45) is 2.01. The number of thiophene rings is 1. The van der Waals surface area contributed by atoms with Gasteiger partial charge in [0.25, 0.3) is 5.91 Å². The summed E-state index contributed by atoms with van der Waals surface area (Å²) >= 11 is 1.55. The van der Waals surface area contributed by atoms with Gasteiger partial charge in [0.05, 0.1) is 6.10 Å². The van der Waals surface area contributed by atoms with Crippen LogP contribution in [0.15, 0.2) is 41.8 Å². The maximum absolute atomic E-state index is 12.7. The summed E-state index contributed by atoms with van der Waals surface area (Å²) in [5.41, 5.74) is 6.99. The first kappa shape index (κ1) is 17.8. The molecule has 23 heavy (non-hydrogen) atoms. The van der Waals surface area contributed by atoms with Crippen LogP contribution in [0.2, 0.25) is 0 Å². The Hall–Kier alpha value is -1.56. The number of likely N-dealkylation sites (tertiary alicyclic amines) is 1. The van der Waals surface area contributed by atoms with Crippen LogP contribution in [0, 0.1) is 0 Å². The molecule has 6 heteroatoms. The van der Waals surface area contributed by atoms with Crippen molar-refractivity contribution in [2.24, 2.45) is 0 Å². The molecule has 1 aromatic carbocycles. The maximum Gasteiger partial charge on any atom is 0.254 e. The molecule has 4 nitrogen and oxygen atoms in total. The number of halogens is 1. The van der Waals surface area contributed by atoms with Crippen LogP contribution in [0.3, 0.4) is 0 Å². The first-order chi connectivity index (χ1) is 10.6. The number of carbonyl (C=O) groups is 1. The summed E-state index contributed by atoms with van der Waals surface area (Å²) in [6, 6.07) is 11.1. The Balaban J connectivity index is 0.00000192. The van der Waals surface area contributed by atoms with Crippen LogP contribution in [-0.2, 0) is 0 Å². The van der Waals surface area contributed by atoms with Crippen molar-refractivity contribution in [3.05, 3.63) is 52.2 Å². The maximum atomic E-state index is 12.7. The third-order valence-corrected chi connectivity index (χ3v) is 5.11. The Morgan fingerprint density at radius 1 is 1.39 bits per heavy atom. The van der Waals surface area contributed by atoms with E-state index < -0.39 is 6.10 Å². The van der Waals surface area contributed by atoms with E-state index >= 15 is 0 Å². The number of nitrogens with zero attached hydrogens (tertiary/aromatic N) is 1. The molecule has 0 spiro atoms. The Morgan fingerprint density at radius 3 is 2.91 bits per heavy atom. The number of nitrogens with two attached hydrogens (primary N) is 1. The lowest BCUT2D eigenvalue weighted by Gasteiger charge is -2.26.